The molecule has 24 heavy (non-hydrogen) atoms. The van der Waals surface area contributed by atoms with E-state index in [1.54, 1.807) is 44.1 Å². The van der Waals surface area contributed by atoms with E-state index in [2.05, 4.69) is 10.6 Å². The van der Waals surface area contributed by atoms with E-state index in [-0.39, 0.29) is 16.8 Å². The van der Waals surface area contributed by atoms with Crippen LogP contribution in [0.3, 0.4) is 0 Å². The number of alkyl carbamates (subject to hydrolysis) is 1. The molecule has 130 valence electrons. The molecule has 0 saturated carbocycles. The van der Waals surface area contributed by atoms with Crippen molar-refractivity contribution < 1.29 is 9.53 Å². The van der Waals surface area contributed by atoms with Crippen molar-refractivity contribution in [3.63, 3.8) is 0 Å². The Bertz CT molecular complexity index is 651. The van der Waals surface area contributed by atoms with Gasteiger partial charge in [-0.1, -0.05) is 12.1 Å². The minimum atomic E-state index is -0.637. The molecule has 0 spiro atoms. The molecule has 0 atom stereocenters. The molecule has 10 heteroatoms. The number of thiocarbonyl (C=S) groups is 3. The van der Waals surface area contributed by atoms with Gasteiger partial charge in [-0.3, -0.25) is 10.2 Å². The fraction of sp³-hybridized carbons (Fsp3) is 0.286. The number of ether oxygens (including phenoxy) is 1. The van der Waals surface area contributed by atoms with Gasteiger partial charge >= 0.3 is 6.09 Å². The van der Waals surface area contributed by atoms with Crippen LogP contribution >= 0.6 is 36.7 Å². The third-order valence-corrected chi connectivity index (χ3v) is 3.61. The molecule has 0 aliphatic rings. The fourth-order valence-electron chi connectivity index (χ4n) is 1.70. The number of anilines is 2. The second-order valence-corrected chi connectivity index (χ2v) is 5.86. The van der Waals surface area contributed by atoms with Gasteiger partial charge < -0.3 is 20.7 Å². The SMILES string of the molecule is CCOC(=O)NC(=S)Nc1ccccc1N(C(N)=S)C(=S)N(C)C. The molecule has 0 heterocycles. The van der Waals surface area contributed by atoms with Crippen molar-refractivity contribution in [2.75, 3.05) is 30.9 Å². The van der Waals surface area contributed by atoms with Gasteiger partial charge in [0.1, 0.15) is 0 Å². The highest BCUT2D eigenvalue weighted by Gasteiger charge is 2.20. The number of carbonyl (C=O) groups excluding carboxylic acids is 1. The molecule has 1 amide bonds. The van der Waals surface area contributed by atoms with Crippen molar-refractivity contribution in [1.29, 1.82) is 0 Å². The van der Waals surface area contributed by atoms with Crippen molar-refractivity contribution in [3.8, 4) is 0 Å². The molecule has 0 aliphatic heterocycles. The Morgan fingerprint density at radius 2 is 1.88 bits per heavy atom. The Kier molecular flexibility index (Phi) is 7.75. The summed E-state index contributed by atoms with van der Waals surface area (Å²) in [5.41, 5.74) is 7.01. The van der Waals surface area contributed by atoms with Gasteiger partial charge in [0.15, 0.2) is 15.3 Å². The van der Waals surface area contributed by atoms with Crippen LogP contribution in [0.4, 0.5) is 16.2 Å². The second kappa shape index (κ2) is 9.30. The lowest BCUT2D eigenvalue weighted by Gasteiger charge is -2.29. The van der Waals surface area contributed by atoms with E-state index in [9.17, 15) is 4.79 Å². The van der Waals surface area contributed by atoms with Crippen molar-refractivity contribution >= 4 is 69.5 Å². The highest BCUT2D eigenvalue weighted by Crippen LogP contribution is 2.26. The molecular formula is C14H19N5O2S3. The lowest BCUT2D eigenvalue weighted by atomic mass is 10.2. The zero-order valence-electron chi connectivity index (χ0n) is 13.5. The predicted molar refractivity (Wildman–Crippen MR) is 108 cm³/mol. The molecule has 0 fully saturated rings. The van der Waals surface area contributed by atoms with Crippen LogP contribution in [0.25, 0.3) is 0 Å². The third-order valence-electron chi connectivity index (χ3n) is 2.68. The molecule has 1 rings (SSSR count). The van der Waals surface area contributed by atoms with Crippen LogP contribution < -0.4 is 21.3 Å². The number of nitrogens with one attached hydrogen (secondary N) is 2. The van der Waals surface area contributed by atoms with Gasteiger partial charge in [-0.15, -0.1) is 0 Å². The molecule has 0 bridgehead atoms. The third kappa shape index (κ3) is 5.55. The van der Waals surface area contributed by atoms with Crippen molar-refractivity contribution in [2.45, 2.75) is 6.92 Å². The molecule has 1 aromatic rings. The standard InChI is InChI=1S/C14H19N5O2S3/c1-4-21-13(20)17-12(23)16-9-7-5-6-8-10(9)19(11(15)22)14(24)18(2)3/h5-8H,4H2,1-3H3,(H2,15,22)(H2,16,17,20,23). The Balaban J connectivity index is 3.06. The zero-order chi connectivity index (χ0) is 18.3. The van der Waals surface area contributed by atoms with Crippen LogP contribution in [0.5, 0.6) is 0 Å². The topological polar surface area (TPSA) is 82.9 Å². The average molecular weight is 386 g/mol. The number of para-hydroxylation sites is 2. The number of hydrogen-bond acceptors (Lipinski definition) is 5. The van der Waals surface area contributed by atoms with E-state index in [0.29, 0.717) is 16.5 Å². The Morgan fingerprint density at radius 3 is 2.42 bits per heavy atom. The van der Waals surface area contributed by atoms with Crippen LogP contribution in [0.1, 0.15) is 6.92 Å². The Morgan fingerprint density at radius 1 is 1.25 bits per heavy atom. The Labute approximate surface area is 157 Å². The first-order chi connectivity index (χ1) is 11.3. The molecule has 0 aromatic heterocycles. The van der Waals surface area contributed by atoms with E-state index in [1.165, 1.54) is 4.90 Å². The summed E-state index contributed by atoms with van der Waals surface area (Å²) in [6.45, 7) is 1.95. The van der Waals surface area contributed by atoms with Gasteiger partial charge in [-0.2, -0.15) is 0 Å². The smallest absolute Gasteiger partial charge is 0.413 e. The normalized spacial score (nSPS) is 9.62. The minimum absolute atomic E-state index is 0.0829. The molecule has 0 radical (unpaired) electrons. The van der Waals surface area contributed by atoms with Crippen LogP contribution in [-0.4, -0.2) is 47.0 Å². The first-order valence-electron chi connectivity index (χ1n) is 6.92. The minimum Gasteiger partial charge on any atom is -0.450 e. The number of hydrogen-bond donors (Lipinski definition) is 3. The number of benzene rings is 1. The first-order valence-corrected chi connectivity index (χ1v) is 8.15. The molecule has 0 saturated heterocycles. The average Bonchev–Trinajstić information content (AvgIpc) is 2.48. The summed E-state index contributed by atoms with van der Waals surface area (Å²) in [6, 6.07) is 7.16. The first kappa shape index (κ1) is 20.0. The highest BCUT2D eigenvalue weighted by atomic mass is 32.1. The van der Waals surface area contributed by atoms with Gasteiger partial charge in [0.05, 0.1) is 18.0 Å². The van der Waals surface area contributed by atoms with Crippen LogP contribution in [-0.2, 0) is 4.74 Å². The highest BCUT2D eigenvalue weighted by molar-refractivity contribution is 7.82. The molecule has 7 nitrogen and oxygen atoms in total. The van der Waals surface area contributed by atoms with Crippen molar-refractivity contribution in [1.82, 2.24) is 10.2 Å². The van der Waals surface area contributed by atoms with Crippen LogP contribution in [0.15, 0.2) is 24.3 Å². The van der Waals surface area contributed by atoms with Gasteiger partial charge in [-0.05, 0) is 55.7 Å². The summed E-state index contributed by atoms with van der Waals surface area (Å²) in [5.74, 6) is 0. The largest absolute Gasteiger partial charge is 0.450 e. The number of nitrogens with two attached hydrogens (primary N) is 1. The van der Waals surface area contributed by atoms with Crippen LogP contribution in [0, 0.1) is 0 Å². The molecule has 1 aromatic carbocycles. The lowest BCUT2D eigenvalue weighted by molar-refractivity contribution is 0.158. The maximum atomic E-state index is 11.4. The quantitative estimate of drug-likeness (QED) is 0.677. The predicted octanol–water partition coefficient (Wildman–Crippen LogP) is 2.03. The summed E-state index contributed by atoms with van der Waals surface area (Å²) in [5, 5.41) is 5.91. The summed E-state index contributed by atoms with van der Waals surface area (Å²) < 4.78 is 4.78. The number of amides is 1. The van der Waals surface area contributed by atoms with Gasteiger partial charge in [-0.25, -0.2) is 4.79 Å². The molecule has 0 aliphatic carbocycles. The summed E-state index contributed by atoms with van der Waals surface area (Å²) in [4.78, 5) is 14.7. The van der Waals surface area contributed by atoms with Crippen molar-refractivity contribution in [3.05, 3.63) is 24.3 Å². The Hall–Kier alpha value is -2.04. The molecule has 4 N–H and O–H groups in total. The van der Waals surface area contributed by atoms with E-state index in [0.717, 1.165) is 0 Å². The molecule has 0 unspecified atom stereocenters. The lowest BCUT2D eigenvalue weighted by Crippen LogP contribution is -2.46. The number of rotatable bonds is 3. The number of nitrogens with zero attached hydrogens (tertiary/aromatic N) is 2. The second-order valence-electron chi connectivity index (χ2n) is 4.67. The fourth-order valence-corrected chi connectivity index (χ4v) is 2.34. The summed E-state index contributed by atoms with van der Waals surface area (Å²) in [6.07, 6.45) is -0.637. The maximum absolute atomic E-state index is 11.4. The number of carbonyl (C=O) groups is 1. The zero-order valence-corrected chi connectivity index (χ0v) is 16.0. The van der Waals surface area contributed by atoms with E-state index in [1.807, 2.05) is 6.07 Å². The van der Waals surface area contributed by atoms with E-state index >= 15 is 0 Å². The van der Waals surface area contributed by atoms with E-state index in [4.69, 9.17) is 47.1 Å². The summed E-state index contributed by atoms with van der Waals surface area (Å²) >= 11 is 15.6. The van der Waals surface area contributed by atoms with Gasteiger partial charge in [0.2, 0.25) is 0 Å². The van der Waals surface area contributed by atoms with Gasteiger partial charge in [0, 0.05) is 14.1 Å². The maximum Gasteiger partial charge on any atom is 0.413 e. The molecular weight excluding hydrogens is 366 g/mol. The van der Waals surface area contributed by atoms with Gasteiger partial charge in [0.25, 0.3) is 0 Å². The van der Waals surface area contributed by atoms with Crippen molar-refractivity contribution in [2.24, 2.45) is 5.73 Å². The van der Waals surface area contributed by atoms with Crippen LogP contribution in [0.2, 0.25) is 0 Å². The van der Waals surface area contributed by atoms with E-state index < -0.39 is 6.09 Å². The monoisotopic (exact) mass is 385 g/mol. The summed E-state index contributed by atoms with van der Waals surface area (Å²) in [7, 11) is 3.58.